The predicted octanol–water partition coefficient (Wildman–Crippen LogP) is 2.97. The van der Waals surface area contributed by atoms with Crippen molar-refractivity contribution >= 4 is 5.96 Å². The van der Waals surface area contributed by atoms with Gasteiger partial charge in [-0.1, -0.05) is 32.8 Å². The van der Waals surface area contributed by atoms with Gasteiger partial charge in [0, 0.05) is 24.8 Å². The normalized spacial score (nSPS) is 11.6. The van der Waals surface area contributed by atoms with Gasteiger partial charge in [0.1, 0.15) is 0 Å². The number of aliphatic imine (C=N–C) groups is 1. The van der Waals surface area contributed by atoms with Crippen molar-refractivity contribution in [1.82, 2.24) is 15.6 Å². The zero-order valence-electron chi connectivity index (χ0n) is 14.4. The monoisotopic (exact) mass is 306 g/mol. The van der Waals surface area contributed by atoms with Gasteiger partial charge in [-0.25, -0.2) is 9.98 Å². The fraction of sp³-hybridized carbons (Fsp3) is 0.647. The average Bonchev–Trinajstić information content (AvgIpc) is 2.55. The summed E-state index contributed by atoms with van der Waals surface area (Å²) in [6.07, 6.45) is 4.11. The Hall–Kier alpha value is -1.78. The highest BCUT2D eigenvalue weighted by molar-refractivity contribution is 5.79. The van der Waals surface area contributed by atoms with E-state index in [1.807, 2.05) is 19.1 Å². The van der Waals surface area contributed by atoms with Crippen LogP contribution in [0.5, 0.6) is 5.88 Å². The number of pyridine rings is 1. The van der Waals surface area contributed by atoms with Gasteiger partial charge in [-0.2, -0.15) is 0 Å². The first-order valence-electron chi connectivity index (χ1n) is 8.33. The lowest BCUT2D eigenvalue weighted by Gasteiger charge is -2.16. The van der Waals surface area contributed by atoms with Crippen LogP contribution in [0.2, 0.25) is 0 Å². The van der Waals surface area contributed by atoms with Crippen LogP contribution in [-0.4, -0.2) is 30.6 Å². The van der Waals surface area contributed by atoms with Crippen molar-refractivity contribution in [3.63, 3.8) is 0 Å². The third-order valence-corrected chi connectivity index (χ3v) is 3.60. The van der Waals surface area contributed by atoms with Crippen molar-refractivity contribution in [2.45, 2.75) is 47.1 Å². The second-order valence-corrected chi connectivity index (χ2v) is 5.16. The van der Waals surface area contributed by atoms with E-state index in [-0.39, 0.29) is 0 Å². The molecule has 0 bridgehead atoms. The maximum absolute atomic E-state index is 5.54. The van der Waals surface area contributed by atoms with E-state index >= 15 is 0 Å². The van der Waals surface area contributed by atoms with E-state index in [1.54, 1.807) is 6.20 Å². The Labute approximate surface area is 134 Å². The van der Waals surface area contributed by atoms with E-state index in [4.69, 9.17) is 4.74 Å². The van der Waals surface area contributed by atoms with Crippen molar-refractivity contribution in [2.24, 2.45) is 10.9 Å². The number of guanidine groups is 1. The molecule has 0 aliphatic rings. The standard InChI is InChI=1S/C17H30N4O/c1-5-14(6-2)12-20-17(18-7-3)21-13-15-10-9-11-19-16(15)22-8-4/h9-11,14H,5-8,12-13H2,1-4H3,(H2,18,20,21). The van der Waals surface area contributed by atoms with Crippen LogP contribution >= 0.6 is 0 Å². The van der Waals surface area contributed by atoms with Gasteiger partial charge in [0.05, 0.1) is 13.2 Å². The molecule has 5 heteroatoms. The number of hydrogen-bond acceptors (Lipinski definition) is 3. The zero-order chi connectivity index (χ0) is 16.2. The van der Waals surface area contributed by atoms with Crippen LogP contribution in [0.1, 0.15) is 46.1 Å². The molecule has 0 aliphatic heterocycles. The van der Waals surface area contributed by atoms with Crippen LogP contribution < -0.4 is 15.4 Å². The lowest BCUT2D eigenvalue weighted by atomic mass is 10.0. The quantitative estimate of drug-likeness (QED) is 0.544. The summed E-state index contributed by atoms with van der Waals surface area (Å²) in [6.45, 7) is 11.5. The molecule has 1 rings (SSSR count). The molecule has 0 radical (unpaired) electrons. The summed E-state index contributed by atoms with van der Waals surface area (Å²) in [6, 6.07) is 3.92. The van der Waals surface area contributed by atoms with Crippen molar-refractivity contribution < 1.29 is 4.74 Å². The Morgan fingerprint density at radius 3 is 2.64 bits per heavy atom. The maximum Gasteiger partial charge on any atom is 0.218 e. The number of rotatable bonds is 9. The molecule has 22 heavy (non-hydrogen) atoms. The molecule has 0 aromatic carbocycles. The third kappa shape index (κ3) is 6.33. The highest BCUT2D eigenvalue weighted by atomic mass is 16.5. The Balaban J connectivity index is 2.69. The Bertz CT molecular complexity index is 444. The van der Waals surface area contributed by atoms with Gasteiger partial charge in [-0.05, 0) is 25.8 Å². The van der Waals surface area contributed by atoms with E-state index in [1.165, 1.54) is 12.8 Å². The molecule has 124 valence electrons. The van der Waals surface area contributed by atoms with E-state index < -0.39 is 0 Å². The molecular weight excluding hydrogens is 276 g/mol. The van der Waals surface area contributed by atoms with Crippen LogP contribution in [0.25, 0.3) is 0 Å². The topological polar surface area (TPSA) is 58.5 Å². The summed E-state index contributed by atoms with van der Waals surface area (Å²) in [5.74, 6) is 2.20. The predicted molar refractivity (Wildman–Crippen MR) is 92.3 cm³/mol. The van der Waals surface area contributed by atoms with Gasteiger partial charge in [-0.3, -0.25) is 0 Å². The van der Waals surface area contributed by atoms with Crippen LogP contribution in [0, 0.1) is 5.92 Å². The largest absolute Gasteiger partial charge is 0.478 e. The summed E-state index contributed by atoms with van der Waals surface area (Å²) in [4.78, 5) is 8.90. The van der Waals surface area contributed by atoms with Gasteiger partial charge < -0.3 is 15.4 Å². The smallest absolute Gasteiger partial charge is 0.218 e. The first-order chi connectivity index (χ1) is 10.7. The zero-order valence-corrected chi connectivity index (χ0v) is 14.4. The summed E-state index contributed by atoms with van der Waals surface area (Å²) < 4.78 is 5.54. The van der Waals surface area contributed by atoms with Gasteiger partial charge in [0.25, 0.3) is 0 Å². The molecule has 2 N–H and O–H groups in total. The van der Waals surface area contributed by atoms with Crippen LogP contribution in [-0.2, 0) is 6.54 Å². The van der Waals surface area contributed by atoms with Gasteiger partial charge in [-0.15, -0.1) is 0 Å². The molecule has 0 saturated heterocycles. The van der Waals surface area contributed by atoms with Crippen LogP contribution in [0.4, 0.5) is 0 Å². The fourth-order valence-electron chi connectivity index (χ4n) is 2.14. The summed E-state index contributed by atoms with van der Waals surface area (Å²) in [5.41, 5.74) is 1.00. The average molecular weight is 306 g/mol. The summed E-state index contributed by atoms with van der Waals surface area (Å²) in [5, 5.41) is 6.71. The first kappa shape index (κ1) is 18.3. The molecule has 0 aliphatic carbocycles. The highest BCUT2D eigenvalue weighted by Crippen LogP contribution is 2.15. The second-order valence-electron chi connectivity index (χ2n) is 5.16. The van der Waals surface area contributed by atoms with Gasteiger partial charge in [0.2, 0.25) is 5.88 Å². The molecule has 5 nitrogen and oxygen atoms in total. The number of hydrogen-bond donors (Lipinski definition) is 2. The number of ether oxygens (including phenoxy) is 1. The fourth-order valence-corrected chi connectivity index (χ4v) is 2.14. The van der Waals surface area contributed by atoms with Crippen molar-refractivity contribution in [1.29, 1.82) is 0 Å². The Morgan fingerprint density at radius 1 is 1.23 bits per heavy atom. The molecule has 0 fully saturated rings. The highest BCUT2D eigenvalue weighted by Gasteiger charge is 2.06. The minimum Gasteiger partial charge on any atom is -0.478 e. The van der Waals surface area contributed by atoms with Crippen LogP contribution in [0.3, 0.4) is 0 Å². The second kappa shape index (κ2) is 10.9. The number of nitrogens with one attached hydrogen (secondary N) is 2. The van der Waals surface area contributed by atoms with E-state index in [2.05, 4.69) is 41.4 Å². The van der Waals surface area contributed by atoms with E-state index in [9.17, 15) is 0 Å². The molecule has 0 saturated carbocycles. The molecule has 1 aromatic rings. The lowest BCUT2D eigenvalue weighted by molar-refractivity contribution is 0.323. The van der Waals surface area contributed by atoms with E-state index in [0.29, 0.717) is 24.9 Å². The minimum absolute atomic E-state index is 0.557. The summed E-state index contributed by atoms with van der Waals surface area (Å²) >= 11 is 0. The Kier molecular flexibility index (Phi) is 9.03. The number of nitrogens with zero attached hydrogens (tertiary/aromatic N) is 2. The first-order valence-corrected chi connectivity index (χ1v) is 8.33. The molecular formula is C17H30N4O. The van der Waals surface area contributed by atoms with Gasteiger partial charge in [0.15, 0.2) is 5.96 Å². The molecule has 1 heterocycles. The van der Waals surface area contributed by atoms with Crippen molar-refractivity contribution in [2.75, 3.05) is 19.7 Å². The van der Waals surface area contributed by atoms with Crippen LogP contribution in [0.15, 0.2) is 23.3 Å². The molecule has 0 atom stereocenters. The minimum atomic E-state index is 0.557. The molecule has 0 spiro atoms. The van der Waals surface area contributed by atoms with Gasteiger partial charge >= 0.3 is 0 Å². The SMILES string of the molecule is CCNC(=NCc1cccnc1OCC)NCC(CC)CC. The number of aromatic nitrogens is 1. The maximum atomic E-state index is 5.54. The summed E-state index contributed by atoms with van der Waals surface area (Å²) in [7, 11) is 0. The Morgan fingerprint density at radius 2 is 2.00 bits per heavy atom. The molecule has 1 aromatic heterocycles. The third-order valence-electron chi connectivity index (χ3n) is 3.60. The van der Waals surface area contributed by atoms with Crippen molar-refractivity contribution in [3.8, 4) is 5.88 Å². The molecule has 0 amide bonds. The van der Waals surface area contributed by atoms with Crippen molar-refractivity contribution in [3.05, 3.63) is 23.9 Å². The lowest BCUT2D eigenvalue weighted by Crippen LogP contribution is -2.39. The molecule has 0 unspecified atom stereocenters. The van der Waals surface area contributed by atoms with E-state index in [0.717, 1.165) is 24.6 Å².